The Hall–Kier alpha value is -2.18. The fraction of sp³-hybridized carbons (Fsp3) is 0.318. The lowest BCUT2D eigenvalue weighted by molar-refractivity contribution is 0.145. The summed E-state index contributed by atoms with van der Waals surface area (Å²) in [5.41, 5.74) is 2.82. The van der Waals surface area contributed by atoms with Crippen molar-refractivity contribution in [1.29, 1.82) is 0 Å². The summed E-state index contributed by atoms with van der Waals surface area (Å²) in [6, 6.07) is 14.8. The van der Waals surface area contributed by atoms with E-state index in [1.807, 2.05) is 43.3 Å². The van der Waals surface area contributed by atoms with Gasteiger partial charge in [-0.05, 0) is 68.3 Å². The van der Waals surface area contributed by atoms with Gasteiger partial charge in [0.05, 0.1) is 17.7 Å². The number of hydrogen-bond acceptors (Lipinski definition) is 4. The van der Waals surface area contributed by atoms with Crippen LogP contribution in [0.4, 0.5) is 15.9 Å². The maximum absolute atomic E-state index is 14.0. The van der Waals surface area contributed by atoms with Gasteiger partial charge in [-0.3, -0.25) is 0 Å². The molecule has 0 amide bonds. The zero-order chi connectivity index (χ0) is 19.7. The summed E-state index contributed by atoms with van der Waals surface area (Å²) in [5, 5.41) is 14.3. The van der Waals surface area contributed by atoms with Crippen molar-refractivity contribution in [3.8, 4) is 0 Å². The van der Waals surface area contributed by atoms with E-state index in [0.29, 0.717) is 0 Å². The van der Waals surface area contributed by atoms with Crippen molar-refractivity contribution in [1.82, 2.24) is 4.98 Å². The topological polar surface area (TPSA) is 48.4 Å². The highest BCUT2D eigenvalue weighted by molar-refractivity contribution is 9.10. The molecule has 146 valence electrons. The minimum atomic E-state index is -0.249. The Labute approximate surface area is 172 Å². The van der Waals surface area contributed by atoms with Gasteiger partial charge in [0.25, 0.3) is 0 Å². The molecular formula is C22H23BrFN3O. The summed E-state index contributed by atoms with van der Waals surface area (Å²) in [6.45, 7) is 3.57. The minimum absolute atomic E-state index is 0.113. The third-order valence-electron chi connectivity index (χ3n) is 5.28. The first-order chi connectivity index (χ1) is 13.5. The molecule has 2 N–H and O–H groups in total. The number of nitrogens with one attached hydrogen (secondary N) is 1. The van der Waals surface area contributed by atoms with E-state index in [0.717, 1.165) is 58.4 Å². The maximum Gasteiger partial charge on any atom is 0.127 e. The van der Waals surface area contributed by atoms with Gasteiger partial charge >= 0.3 is 0 Å². The van der Waals surface area contributed by atoms with Crippen LogP contribution in [0.2, 0.25) is 0 Å². The number of nitrogens with zero attached hydrogens (tertiary/aromatic N) is 2. The van der Waals surface area contributed by atoms with Gasteiger partial charge in [0.15, 0.2) is 0 Å². The molecule has 0 saturated carbocycles. The third kappa shape index (κ3) is 4.13. The Bertz CT molecular complexity index is 989. The number of aliphatic hydroxyl groups is 1. The molecule has 1 aliphatic rings. The van der Waals surface area contributed by atoms with E-state index in [9.17, 15) is 9.50 Å². The second-order valence-corrected chi connectivity index (χ2v) is 8.24. The summed E-state index contributed by atoms with van der Waals surface area (Å²) in [4.78, 5) is 6.91. The number of fused-ring (bicyclic) bond motifs is 1. The number of aliphatic hydroxyl groups excluding tert-OH is 1. The molecule has 4 rings (SSSR count). The van der Waals surface area contributed by atoms with E-state index in [2.05, 4.69) is 31.1 Å². The molecule has 3 aromatic rings. The summed E-state index contributed by atoms with van der Waals surface area (Å²) in [7, 11) is 0. The number of hydrogen-bond donors (Lipinski definition) is 2. The van der Waals surface area contributed by atoms with Gasteiger partial charge in [-0.25, -0.2) is 9.37 Å². The fourth-order valence-corrected chi connectivity index (χ4v) is 4.12. The van der Waals surface area contributed by atoms with Crippen molar-refractivity contribution in [2.75, 3.05) is 23.3 Å². The van der Waals surface area contributed by atoms with E-state index in [1.54, 1.807) is 6.07 Å². The van der Waals surface area contributed by atoms with Gasteiger partial charge in [-0.1, -0.05) is 15.9 Å². The second kappa shape index (κ2) is 8.05. The molecule has 1 aliphatic heterocycles. The zero-order valence-corrected chi connectivity index (χ0v) is 17.3. The first kappa shape index (κ1) is 19.2. The molecule has 28 heavy (non-hydrogen) atoms. The van der Waals surface area contributed by atoms with Crippen molar-refractivity contribution in [3.05, 3.63) is 64.4 Å². The van der Waals surface area contributed by atoms with E-state index in [4.69, 9.17) is 0 Å². The van der Waals surface area contributed by atoms with Crippen LogP contribution in [-0.2, 0) is 0 Å². The van der Waals surface area contributed by atoms with Crippen LogP contribution in [0.5, 0.6) is 0 Å². The van der Waals surface area contributed by atoms with E-state index in [-0.39, 0.29) is 18.0 Å². The number of rotatable bonds is 4. The predicted octanol–water partition coefficient (Wildman–Crippen LogP) is 5.27. The number of halogens is 2. The minimum Gasteiger partial charge on any atom is -0.393 e. The third-order valence-corrected chi connectivity index (χ3v) is 5.77. The molecule has 0 aliphatic carbocycles. The molecule has 1 fully saturated rings. The van der Waals surface area contributed by atoms with Crippen LogP contribution in [0, 0.1) is 5.82 Å². The van der Waals surface area contributed by atoms with Crippen LogP contribution >= 0.6 is 15.9 Å². The smallest absolute Gasteiger partial charge is 0.127 e. The molecule has 4 nitrogen and oxygen atoms in total. The van der Waals surface area contributed by atoms with Crippen molar-refractivity contribution in [2.24, 2.45) is 0 Å². The molecule has 6 heteroatoms. The Kier molecular flexibility index (Phi) is 5.51. The van der Waals surface area contributed by atoms with Gasteiger partial charge in [0, 0.05) is 34.2 Å². The highest BCUT2D eigenvalue weighted by Gasteiger charge is 2.22. The van der Waals surface area contributed by atoms with Crippen LogP contribution in [0.1, 0.15) is 31.4 Å². The molecule has 0 radical (unpaired) electrons. The van der Waals surface area contributed by atoms with Gasteiger partial charge in [0.2, 0.25) is 0 Å². The number of piperidine rings is 1. The number of pyridine rings is 1. The average molecular weight is 444 g/mol. The van der Waals surface area contributed by atoms with Crippen LogP contribution in [0.15, 0.2) is 53.0 Å². The molecule has 1 saturated heterocycles. The Morgan fingerprint density at radius 2 is 1.93 bits per heavy atom. The predicted molar refractivity (Wildman–Crippen MR) is 115 cm³/mol. The second-order valence-electron chi connectivity index (χ2n) is 7.32. The fourth-order valence-electron chi connectivity index (χ4n) is 3.74. The monoisotopic (exact) mass is 443 g/mol. The number of benzene rings is 2. The summed E-state index contributed by atoms with van der Waals surface area (Å²) < 4.78 is 15.0. The van der Waals surface area contributed by atoms with Gasteiger partial charge in [0.1, 0.15) is 11.6 Å². The lowest BCUT2D eigenvalue weighted by atomic mass is 10.0. The van der Waals surface area contributed by atoms with E-state index in [1.165, 1.54) is 6.07 Å². The van der Waals surface area contributed by atoms with Crippen molar-refractivity contribution in [3.63, 3.8) is 0 Å². The SMILES string of the molecule is CC(Nc1ccc2cc(Br)ccc2n1)c1cc(F)ccc1N1CCC(O)CC1. The molecule has 0 bridgehead atoms. The maximum atomic E-state index is 14.0. The normalized spacial score (nSPS) is 16.4. The summed E-state index contributed by atoms with van der Waals surface area (Å²) in [5.74, 6) is 0.507. The van der Waals surface area contributed by atoms with E-state index >= 15 is 0 Å². The molecular weight excluding hydrogens is 421 g/mol. The lowest BCUT2D eigenvalue weighted by Crippen LogP contribution is -2.36. The van der Waals surface area contributed by atoms with Crippen LogP contribution < -0.4 is 10.2 Å². The van der Waals surface area contributed by atoms with Crippen molar-refractivity contribution < 1.29 is 9.50 Å². The highest BCUT2D eigenvalue weighted by Crippen LogP contribution is 2.31. The Balaban J connectivity index is 1.60. The van der Waals surface area contributed by atoms with Gasteiger partial charge in [-0.15, -0.1) is 0 Å². The van der Waals surface area contributed by atoms with Crippen LogP contribution in [0.3, 0.4) is 0 Å². The quantitative estimate of drug-likeness (QED) is 0.576. The van der Waals surface area contributed by atoms with Gasteiger partial charge < -0.3 is 15.3 Å². The standard InChI is InChI=1S/C22H23BrFN3O/c1-14(25-22-7-2-15-12-16(23)3-5-20(15)26-22)19-13-17(24)4-6-21(19)27-10-8-18(28)9-11-27/h2-7,12-14,18,28H,8-11H2,1H3,(H,25,26). The summed E-state index contributed by atoms with van der Waals surface area (Å²) in [6.07, 6.45) is 1.23. The lowest BCUT2D eigenvalue weighted by Gasteiger charge is -2.34. The number of anilines is 2. The summed E-state index contributed by atoms with van der Waals surface area (Å²) >= 11 is 3.48. The molecule has 1 unspecified atom stereocenters. The molecule has 1 aromatic heterocycles. The molecule has 2 heterocycles. The Morgan fingerprint density at radius 3 is 2.71 bits per heavy atom. The van der Waals surface area contributed by atoms with Crippen LogP contribution in [-0.4, -0.2) is 29.3 Å². The van der Waals surface area contributed by atoms with Crippen LogP contribution in [0.25, 0.3) is 10.9 Å². The van der Waals surface area contributed by atoms with E-state index < -0.39 is 0 Å². The van der Waals surface area contributed by atoms with Crippen molar-refractivity contribution in [2.45, 2.75) is 31.9 Å². The zero-order valence-electron chi connectivity index (χ0n) is 15.7. The average Bonchev–Trinajstić information content (AvgIpc) is 2.69. The Morgan fingerprint density at radius 1 is 1.14 bits per heavy atom. The first-order valence-corrected chi connectivity index (χ1v) is 10.3. The molecule has 2 aromatic carbocycles. The molecule has 1 atom stereocenters. The highest BCUT2D eigenvalue weighted by atomic mass is 79.9. The molecule has 0 spiro atoms. The first-order valence-electron chi connectivity index (χ1n) is 9.55. The largest absolute Gasteiger partial charge is 0.393 e. The number of aromatic nitrogens is 1. The van der Waals surface area contributed by atoms with Crippen molar-refractivity contribution >= 4 is 38.3 Å². The van der Waals surface area contributed by atoms with Gasteiger partial charge in [-0.2, -0.15) is 0 Å².